The van der Waals surface area contributed by atoms with Gasteiger partial charge >= 0.3 is 11.9 Å². The first-order valence-electron chi connectivity index (χ1n) is 50.3. The van der Waals surface area contributed by atoms with E-state index >= 15 is 0 Å². The second-order valence-electron chi connectivity index (χ2n) is 35.1. The molecule has 6 atom stereocenters. The van der Waals surface area contributed by atoms with E-state index in [9.17, 15) is 9.59 Å². The van der Waals surface area contributed by atoms with E-state index in [4.69, 9.17) is 125 Å². The monoisotopic (exact) mass is 1970 g/mol. The molecule has 0 amide bonds. The number of epoxide rings is 6. The number of unbranched alkanes of at least 4 members (excludes halogenated alkanes) is 9. The van der Waals surface area contributed by atoms with Gasteiger partial charge in [0.1, 0.15) is 43.0 Å². The average molecular weight is 1970 g/mol. The van der Waals surface area contributed by atoms with E-state index in [-0.39, 0.29) is 43.4 Å². The smallest absolute Gasteiger partial charge is 0.336 e. The van der Waals surface area contributed by atoms with Crippen molar-refractivity contribution in [1.82, 2.24) is 0 Å². The number of allylic oxidation sites excluding steroid dienone is 3. The summed E-state index contributed by atoms with van der Waals surface area (Å²) in [5.41, 5.74) is 25.3. The van der Waals surface area contributed by atoms with Crippen LogP contribution >= 0.6 is 0 Å². The Bertz CT molecular complexity index is 5140. The topological polar surface area (TPSA) is 294 Å². The van der Waals surface area contributed by atoms with Gasteiger partial charge in [-0.05, 0) is 279 Å². The highest BCUT2D eigenvalue weighted by Gasteiger charge is 2.32. The van der Waals surface area contributed by atoms with E-state index in [0.717, 1.165) is 209 Å². The van der Waals surface area contributed by atoms with Crippen LogP contribution in [0.5, 0.6) is 28.7 Å². The Hall–Kier alpha value is -11.4. The van der Waals surface area contributed by atoms with Crippen LogP contribution in [0.1, 0.15) is 226 Å². The van der Waals surface area contributed by atoms with Gasteiger partial charge in [-0.15, -0.1) is 0 Å². The van der Waals surface area contributed by atoms with Gasteiger partial charge in [-0.2, -0.15) is 24.4 Å². The lowest BCUT2D eigenvalue weighted by Crippen LogP contribution is -2.09. The third kappa shape index (κ3) is 45.2. The van der Waals surface area contributed by atoms with Crippen molar-refractivity contribution >= 4 is 48.4 Å². The number of rotatable bonds is 79. The van der Waals surface area contributed by atoms with Gasteiger partial charge in [0.2, 0.25) is 0 Å². The highest BCUT2D eigenvalue weighted by Crippen LogP contribution is 2.40. The first-order chi connectivity index (χ1) is 70.3. The van der Waals surface area contributed by atoms with Crippen molar-refractivity contribution in [2.45, 2.75) is 238 Å². The van der Waals surface area contributed by atoms with E-state index in [1.54, 1.807) is 45.1 Å². The summed E-state index contributed by atoms with van der Waals surface area (Å²) in [7, 11) is 0. The van der Waals surface area contributed by atoms with Gasteiger partial charge in [-0.1, -0.05) is 154 Å². The number of hydrogen-bond donors (Lipinski definition) is 0. The lowest BCUT2D eigenvalue weighted by molar-refractivity contribution is -0.495. The van der Waals surface area contributed by atoms with Crippen LogP contribution in [0.3, 0.4) is 0 Å². The molecule has 28 nitrogen and oxygen atoms in total. The number of carbonyl (C=O) groups excluding carboxylic acids is 2. The molecular weight excluding hydrogens is 1830 g/mol. The third-order valence-corrected chi connectivity index (χ3v) is 23.8. The molecule has 12 rings (SSSR count). The lowest BCUT2D eigenvalue weighted by Gasteiger charge is -2.19. The number of ether oxygens (including phenoxy) is 14. The van der Waals surface area contributed by atoms with Crippen LogP contribution in [-0.2, 0) is 169 Å². The summed E-state index contributed by atoms with van der Waals surface area (Å²) in [6, 6.07) is 32.1. The summed E-state index contributed by atoms with van der Waals surface area (Å²) < 4.78 is 80.7. The summed E-state index contributed by atoms with van der Waals surface area (Å²) in [4.78, 5) is 77.4. The van der Waals surface area contributed by atoms with E-state index in [2.05, 4.69) is 136 Å². The molecule has 772 valence electrons. The minimum atomic E-state index is -0.658. The molecule has 6 aromatic rings. The third-order valence-electron chi connectivity index (χ3n) is 23.8. The molecule has 0 saturated carbocycles. The molecule has 6 aliphatic heterocycles. The first kappa shape index (κ1) is 112. The predicted octanol–water partition coefficient (Wildman–Crippen LogP) is 22.8. The molecule has 143 heavy (non-hydrogen) atoms. The molecule has 0 aliphatic carbocycles. The molecule has 0 radical (unpaired) electrons. The normalized spacial score (nSPS) is 16.6. The Balaban J connectivity index is 0.000000290. The SMILES string of the molecule is C(=C\c1ccc(CC2CO2)c(CC2CO2)c1CCCCOC1CO1)/c1ccc(/C=C/c2ccc(CCCCOC3CO3)c(OCCCCC3CO3)c2CC2CO2)cc1.C=C=C(C)OOCCCCOc1c(CCCCOOOC(C)=C=C)ccc(/C=C/C(=O)Oc2ccc(OC(=O)/C=C/c3ccc(CCCCOOC=C)c(CCCCOOC=C)c3CCCCOOOC(C)=C=C)cc2)c1OCCCCOC=C. The maximum atomic E-state index is 13.4. The van der Waals surface area contributed by atoms with Gasteiger partial charge in [-0.3, -0.25) is 0 Å². The van der Waals surface area contributed by atoms with Gasteiger partial charge in [0, 0.05) is 76.5 Å². The van der Waals surface area contributed by atoms with Crippen LogP contribution in [0.15, 0.2) is 202 Å². The fourth-order valence-corrected chi connectivity index (χ4v) is 15.5. The maximum absolute atomic E-state index is 13.4. The molecule has 0 bridgehead atoms. The zero-order chi connectivity index (χ0) is 100. The molecule has 0 aromatic heterocycles. The van der Waals surface area contributed by atoms with Crippen molar-refractivity contribution in [3.05, 3.63) is 285 Å². The molecule has 6 aromatic carbocycles. The van der Waals surface area contributed by atoms with Gasteiger partial charge in [0.25, 0.3) is 0 Å². The van der Waals surface area contributed by atoms with Crippen LogP contribution in [0.25, 0.3) is 36.5 Å². The Morgan fingerprint density at radius 1 is 0.329 bits per heavy atom. The predicted molar refractivity (Wildman–Crippen MR) is 543 cm³/mol. The van der Waals surface area contributed by atoms with Crippen LogP contribution < -0.4 is 23.7 Å². The summed E-state index contributed by atoms with van der Waals surface area (Å²) in [6.07, 6.45) is 44.1. The maximum Gasteiger partial charge on any atom is 0.336 e. The van der Waals surface area contributed by atoms with Gasteiger partial charge < -0.3 is 90.8 Å². The van der Waals surface area contributed by atoms with E-state index in [0.29, 0.717) is 150 Å². The molecule has 6 fully saturated rings. The molecule has 6 unspecified atom stereocenters. The Labute approximate surface area is 842 Å². The molecule has 28 heteroatoms. The minimum absolute atomic E-state index is 0.0165. The molecule has 0 spiro atoms. The van der Waals surface area contributed by atoms with E-state index in [1.807, 2.05) is 18.2 Å². The van der Waals surface area contributed by atoms with Gasteiger partial charge in [0.15, 0.2) is 41.4 Å². The average Bonchev–Trinajstić information content (AvgIpc) is 1.62. The summed E-state index contributed by atoms with van der Waals surface area (Å²) >= 11 is 0. The summed E-state index contributed by atoms with van der Waals surface area (Å²) in [5, 5.41) is 9.57. The highest BCUT2D eigenvalue weighted by atomic mass is 17.5. The molecule has 0 N–H and O–H groups in total. The number of aryl methyl sites for hydroxylation is 3. The Morgan fingerprint density at radius 2 is 0.713 bits per heavy atom. The van der Waals surface area contributed by atoms with Crippen LogP contribution in [-0.4, -0.2) is 161 Å². The van der Waals surface area contributed by atoms with Crippen LogP contribution in [0, 0.1) is 0 Å². The van der Waals surface area contributed by atoms with Gasteiger partial charge in [-0.25, -0.2) is 9.59 Å². The molecule has 6 heterocycles. The van der Waals surface area contributed by atoms with Crippen molar-refractivity contribution in [1.29, 1.82) is 0 Å². The fourth-order valence-electron chi connectivity index (χ4n) is 15.5. The van der Waals surface area contributed by atoms with Crippen molar-refractivity contribution in [3.63, 3.8) is 0 Å². The van der Waals surface area contributed by atoms with E-state index < -0.39 is 11.9 Å². The number of benzene rings is 6. The highest BCUT2D eigenvalue weighted by molar-refractivity contribution is 5.90. The van der Waals surface area contributed by atoms with E-state index in [1.165, 1.54) is 98.7 Å². The van der Waals surface area contributed by atoms with Crippen molar-refractivity contribution < 1.29 is 135 Å². The lowest BCUT2D eigenvalue weighted by atomic mass is 9.87. The second kappa shape index (κ2) is 65.8. The first-order valence-corrected chi connectivity index (χ1v) is 50.3. The molecular formula is C115H144O28. The number of esters is 2. The van der Waals surface area contributed by atoms with Crippen LogP contribution in [0.4, 0.5) is 0 Å². The Morgan fingerprint density at radius 3 is 1.22 bits per heavy atom. The van der Waals surface area contributed by atoms with Crippen molar-refractivity contribution in [2.24, 2.45) is 0 Å². The molecule has 6 saturated heterocycles. The number of hydrogen-bond acceptors (Lipinski definition) is 28. The fraction of sp³-hybridized carbons (Fsp3) is 0.470. The quantitative estimate of drug-likeness (QED) is 0.00327. The summed E-state index contributed by atoms with van der Waals surface area (Å²) in [5.74, 6) is 2.39. The summed E-state index contributed by atoms with van der Waals surface area (Å²) in [6.45, 7) is 36.1. The second-order valence-corrected chi connectivity index (χ2v) is 35.1. The Kier molecular flexibility index (Phi) is 51.5. The zero-order valence-corrected chi connectivity index (χ0v) is 83.5. The largest absolute Gasteiger partial charge is 0.502 e. The standard InChI is InChI=1S/C66H84O19.C49H60O9/c1-10-52(7)81-76-49-27-26-46-70-65-57(29-17-21-50-77-84-82-53(8)11-2)34-35-58(66(65)71-45-25-24-44-69-13-4)37-43-64(68)80-60-40-38-59(39-41-60)79-63(67)42-36-56-33-32-55(28-16-20-47-74-72-14-5)61(30-18-22-48-75-73-15-6)62(56)31-19-23-51-78-85-83-54(9)12-3;1(4-22-50-47-32-57-47)7-38-20-18-37(46(27-43-31-56-43)49(38)52-24-5-2-8-40-28-53-40)17-15-35-12-10-34(11-13-35)14-16-36-19-21-39(25-41-29-54-41)45(26-42-30-55-42)44(36)9-3-6-23-51-48-33-58-48/h13-15,32-43H,1-6,16-31,44-51H2,7-9H3;10-21,40-43,47-48H,1-9,22-33H2/b42-36+,43-37+;16-14+,17-15+. The van der Waals surface area contributed by atoms with Crippen LogP contribution in [0.2, 0.25) is 0 Å². The van der Waals surface area contributed by atoms with Crippen molar-refractivity contribution in [3.8, 4) is 28.7 Å². The van der Waals surface area contributed by atoms with Crippen molar-refractivity contribution in [2.75, 3.05) is 112 Å². The zero-order valence-electron chi connectivity index (χ0n) is 83.5. The number of carbonyl (C=O) groups is 2. The minimum Gasteiger partial charge on any atom is -0.502 e. The van der Waals surface area contributed by atoms with Gasteiger partial charge in [0.05, 0.1) is 117 Å². The molecule has 6 aliphatic rings.